The van der Waals surface area contributed by atoms with Gasteiger partial charge in [-0.3, -0.25) is 0 Å². The Hall–Kier alpha value is -3.48. The monoisotopic (exact) mass is 954 g/mol. The fourth-order valence-electron chi connectivity index (χ4n) is 9.11. The van der Waals surface area contributed by atoms with E-state index in [2.05, 4.69) is 273 Å². The molecule has 1 fully saturated rings. The van der Waals surface area contributed by atoms with E-state index in [0.29, 0.717) is 22.6 Å². The topological polar surface area (TPSA) is 0 Å². The molecule has 286 valence electrons. The van der Waals surface area contributed by atoms with Gasteiger partial charge in [-0.15, -0.1) is 0 Å². The van der Waals surface area contributed by atoms with Crippen LogP contribution in [0.5, 0.6) is 0 Å². The maximum atomic E-state index is 3.45. The molecule has 0 spiro atoms. The second kappa shape index (κ2) is 18.0. The van der Waals surface area contributed by atoms with Crippen LogP contribution in [0, 0.1) is 0 Å². The first-order chi connectivity index (χ1) is 28.6. The Morgan fingerprint density at radius 2 is 0.431 bits per heavy atom. The summed E-state index contributed by atoms with van der Waals surface area (Å²) >= 11 is 6.91. The summed E-state index contributed by atoms with van der Waals surface area (Å²) in [6.07, 6.45) is 0. The van der Waals surface area contributed by atoms with E-state index in [9.17, 15) is 0 Å². The summed E-state index contributed by atoms with van der Waals surface area (Å²) in [6, 6.07) is 92.9. The van der Waals surface area contributed by atoms with E-state index in [1.807, 2.05) is 0 Å². The Kier molecular flexibility index (Phi) is 12.4. The van der Waals surface area contributed by atoms with E-state index in [-0.39, 0.29) is 0 Å². The summed E-state index contributed by atoms with van der Waals surface area (Å²) in [4.78, 5) is 0. The van der Waals surface area contributed by atoms with E-state index < -0.39 is 26.9 Å². The minimum atomic E-state index is -2.20. The molecular formula is C52H46P4Se2. The Bertz CT molecular complexity index is 2280. The van der Waals surface area contributed by atoms with Crippen molar-refractivity contribution in [3.63, 3.8) is 0 Å². The molecular weight excluding hydrogens is 906 g/mol. The van der Waals surface area contributed by atoms with Crippen LogP contribution in [0.25, 0.3) is 0 Å². The molecule has 0 nitrogen and oxygen atoms in total. The third kappa shape index (κ3) is 7.48. The van der Waals surface area contributed by atoms with Gasteiger partial charge in [0.2, 0.25) is 0 Å². The minimum absolute atomic E-state index is 0.350. The van der Waals surface area contributed by atoms with Gasteiger partial charge in [0.1, 0.15) is 0 Å². The van der Waals surface area contributed by atoms with Gasteiger partial charge in [-0.05, 0) is 0 Å². The Balaban J connectivity index is 1.44. The zero-order valence-electron chi connectivity index (χ0n) is 32.1. The molecule has 0 aromatic heterocycles. The summed E-state index contributed by atoms with van der Waals surface area (Å²) in [5.41, 5.74) is -2.97. The average Bonchev–Trinajstić information content (AvgIpc) is 3.31. The van der Waals surface area contributed by atoms with Crippen molar-refractivity contribution in [3.8, 4) is 0 Å². The maximum absolute atomic E-state index is 3.45. The van der Waals surface area contributed by atoms with E-state index in [0.717, 1.165) is 0 Å². The van der Waals surface area contributed by atoms with Crippen molar-refractivity contribution in [3.05, 3.63) is 243 Å². The fraction of sp³-hybridized carbons (Fsp3) is 0.0769. The second-order valence-corrected chi connectivity index (χ2v) is 33.4. The molecule has 4 atom stereocenters. The SMILES string of the molecule is [SeH]=P(c1ccccc1)(c1ccccc1)C1C(P(c2ccccc2)c2ccccc2)C(P(c2ccccc2)c2ccccc2)C1P(=[SeH])(c1ccccc1)c1ccccc1. The molecule has 8 aromatic carbocycles. The van der Waals surface area contributed by atoms with Crippen molar-refractivity contribution in [1.82, 2.24) is 0 Å². The van der Waals surface area contributed by atoms with E-state index >= 15 is 0 Å². The van der Waals surface area contributed by atoms with Crippen molar-refractivity contribution in [2.75, 3.05) is 0 Å². The van der Waals surface area contributed by atoms with Crippen LogP contribution in [0.3, 0.4) is 0 Å². The molecule has 0 N–H and O–H groups in total. The van der Waals surface area contributed by atoms with Crippen LogP contribution in [0.4, 0.5) is 0 Å². The Labute approximate surface area is 362 Å². The van der Waals surface area contributed by atoms with Crippen LogP contribution in [0.1, 0.15) is 0 Å². The van der Waals surface area contributed by atoms with Gasteiger partial charge in [0, 0.05) is 0 Å². The summed E-state index contributed by atoms with van der Waals surface area (Å²) in [5.74, 6) is 0. The molecule has 0 heterocycles. The molecule has 1 aliphatic carbocycles. The van der Waals surface area contributed by atoms with Gasteiger partial charge in [0.15, 0.2) is 0 Å². The Morgan fingerprint density at radius 1 is 0.259 bits per heavy atom. The number of hydrogen-bond donors (Lipinski definition) is 0. The molecule has 0 saturated heterocycles. The van der Waals surface area contributed by atoms with E-state index in [4.69, 9.17) is 0 Å². The van der Waals surface area contributed by atoms with Crippen LogP contribution in [0.2, 0.25) is 0 Å². The molecule has 58 heavy (non-hydrogen) atoms. The molecule has 2 radical (unpaired) electrons. The van der Waals surface area contributed by atoms with Gasteiger partial charge in [-0.2, -0.15) is 0 Å². The molecule has 6 heteroatoms. The summed E-state index contributed by atoms with van der Waals surface area (Å²) in [5, 5.41) is 11.7. The zero-order chi connectivity index (χ0) is 39.4. The van der Waals surface area contributed by atoms with Crippen LogP contribution >= 0.6 is 26.9 Å². The molecule has 0 bridgehead atoms. The average molecular weight is 953 g/mol. The molecule has 4 unspecified atom stereocenters. The molecule has 0 amide bonds. The first-order valence-electron chi connectivity index (χ1n) is 19.8. The molecule has 9 rings (SSSR count). The van der Waals surface area contributed by atoms with Crippen molar-refractivity contribution < 1.29 is 0 Å². The number of benzene rings is 8. The van der Waals surface area contributed by atoms with Gasteiger partial charge < -0.3 is 0 Å². The quantitative estimate of drug-likeness (QED) is 0.0851. The van der Waals surface area contributed by atoms with Crippen molar-refractivity contribution >= 4 is 99.5 Å². The van der Waals surface area contributed by atoms with E-state index in [1.165, 1.54) is 42.4 Å². The van der Waals surface area contributed by atoms with Crippen LogP contribution in [-0.4, -0.2) is 52.8 Å². The summed E-state index contributed by atoms with van der Waals surface area (Å²) in [7, 11) is -1.66. The van der Waals surface area contributed by atoms with Crippen molar-refractivity contribution in [2.24, 2.45) is 0 Å². The second-order valence-electron chi connectivity index (χ2n) is 14.8. The third-order valence-electron chi connectivity index (χ3n) is 11.6. The number of hydrogen-bond acceptors (Lipinski definition) is 0. The first kappa shape index (κ1) is 40.0. The third-order valence-corrected chi connectivity index (χ3v) is 35.0. The van der Waals surface area contributed by atoms with Gasteiger partial charge >= 0.3 is 365 Å². The normalized spacial score (nSPS) is 18.1. The zero-order valence-corrected chi connectivity index (χ0v) is 39.4. The van der Waals surface area contributed by atoms with Crippen molar-refractivity contribution in [2.45, 2.75) is 22.6 Å². The molecule has 8 aromatic rings. The molecule has 0 aliphatic heterocycles. The van der Waals surface area contributed by atoms with Crippen LogP contribution in [-0.2, 0) is 0 Å². The van der Waals surface area contributed by atoms with E-state index in [1.54, 1.807) is 0 Å². The number of rotatable bonds is 12. The van der Waals surface area contributed by atoms with Crippen molar-refractivity contribution in [1.29, 1.82) is 0 Å². The predicted octanol–water partition coefficient (Wildman–Crippen LogP) is 8.71. The van der Waals surface area contributed by atoms with Gasteiger partial charge in [0.05, 0.1) is 0 Å². The Morgan fingerprint density at radius 3 is 0.621 bits per heavy atom. The molecule has 1 aliphatic rings. The van der Waals surface area contributed by atoms with Gasteiger partial charge in [-0.1, -0.05) is 0 Å². The van der Waals surface area contributed by atoms with Crippen LogP contribution < -0.4 is 42.4 Å². The van der Waals surface area contributed by atoms with Gasteiger partial charge in [0.25, 0.3) is 0 Å². The summed E-state index contributed by atoms with van der Waals surface area (Å²) < 4.78 is 0. The summed E-state index contributed by atoms with van der Waals surface area (Å²) in [6.45, 7) is 0. The predicted molar refractivity (Wildman–Crippen MR) is 266 cm³/mol. The first-order valence-corrected chi connectivity index (χ1v) is 31.3. The van der Waals surface area contributed by atoms with Crippen LogP contribution in [0.15, 0.2) is 243 Å². The standard InChI is InChI=1S/C52H46P4Se2/c57-55(45-33-17-5-18-34-45,46-35-19-6-20-36-46)51-49(53(41-25-9-1-10-26-41)42-27-11-2-12-28-42)50(54(43-29-13-3-14-30-43)44-31-15-4-16-32-44)52(51)56(58,47-37-21-7-22-38-47)48-39-23-8-24-40-48/h1-40,49-52,57-58H. The van der Waals surface area contributed by atoms with Gasteiger partial charge in [-0.25, -0.2) is 0 Å². The molecule has 1 saturated carbocycles. The fourth-order valence-corrected chi connectivity index (χ4v) is 36.3.